The number of rotatable bonds is 19. The van der Waals surface area contributed by atoms with Gasteiger partial charge in [0.1, 0.15) is 6.10 Å². The molecule has 0 fully saturated rings. The zero-order chi connectivity index (χ0) is 22.7. The Kier molecular flexibility index (Phi) is 24.1. The summed E-state index contributed by atoms with van der Waals surface area (Å²) in [5.74, 6) is 11.3. The molecule has 0 aromatic heterocycles. The van der Waals surface area contributed by atoms with Crippen LogP contribution < -0.4 is 0 Å². The predicted octanol–water partition coefficient (Wildman–Crippen LogP) is 7.92. The van der Waals surface area contributed by atoms with Crippen molar-refractivity contribution in [2.24, 2.45) is 0 Å². The summed E-state index contributed by atoms with van der Waals surface area (Å²) in [6.45, 7) is 0. The summed E-state index contributed by atoms with van der Waals surface area (Å²) < 4.78 is 0. The van der Waals surface area contributed by atoms with Crippen molar-refractivity contribution in [1.82, 2.24) is 0 Å². The number of hydrogen-bond acceptors (Lipinski definition) is 1. The van der Waals surface area contributed by atoms with Gasteiger partial charge in [0.15, 0.2) is 0 Å². The van der Waals surface area contributed by atoms with Crippen LogP contribution in [0.25, 0.3) is 0 Å². The standard InChI is InChI=1S/C30H44O/c1-3-5-6-7-8-9-10-11-12-13-14-15-16-17-18-19-20-21-22-23-24-25-26-27-28-29-30(31)4-2/h1-2,5-6,17-18,28-31H,7-16,19,22-27H2. The van der Waals surface area contributed by atoms with Crippen LogP contribution in [-0.2, 0) is 0 Å². The molecule has 1 nitrogen and oxygen atoms in total. The molecule has 170 valence electrons. The van der Waals surface area contributed by atoms with E-state index in [4.69, 9.17) is 12.8 Å². The van der Waals surface area contributed by atoms with Gasteiger partial charge in [-0.2, -0.15) is 0 Å². The molecule has 0 aliphatic carbocycles. The van der Waals surface area contributed by atoms with E-state index in [-0.39, 0.29) is 0 Å². The van der Waals surface area contributed by atoms with Gasteiger partial charge in [-0.25, -0.2) is 0 Å². The summed E-state index contributed by atoms with van der Waals surface area (Å²) >= 11 is 0. The van der Waals surface area contributed by atoms with Crippen LogP contribution in [-0.4, -0.2) is 11.2 Å². The number of aliphatic hydroxyl groups is 1. The third-order valence-electron chi connectivity index (χ3n) is 5.13. The van der Waals surface area contributed by atoms with Gasteiger partial charge < -0.3 is 5.11 Å². The Labute approximate surface area is 193 Å². The molecule has 0 aromatic rings. The topological polar surface area (TPSA) is 20.2 Å². The highest BCUT2D eigenvalue weighted by Crippen LogP contribution is 2.11. The molecule has 0 amide bonds. The SMILES string of the molecule is C#CC=CCCCCCCCCCCC=CCC#CCCCCCCC=CC(O)C#C. The lowest BCUT2D eigenvalue weighted by molar-refractivity contribution is 0.280. The summed E-state index contributed by atoms with van der Waals surface area (Å²) in [7, 11) is 0. The quantitative estimate of drug-likeness (QED) is 0.128. The number of allylic oxidation sites excluding steroid dienone is 5. The van der Waals surface area contributed by atoms with Crippen molar-refractivity contribution in [3.63, 3.8) is 0 Å². The van der Waals surface area contributed by atoms with E-state index in [2.05, 4.69) is 41.9 Å². The van der Waals surface area contributed by atoms with Crippen molar-refractivity contribution in [2.75, 3.05) is 0 Å². The van der Waals surface area contributed by atoms with Crippen LogP contribution >= 0.6 is 0 Å². The van der Waals surface area contributed by atoms with E-state index >= 15 is 0 Å². The Hall–Kier alpha value is -2.14. The molecule has 0 saturated carbocycles. The van der Waals surface area contributed by atoms with Crippen LogP contribution in [0.4, 0.5) is 0 Å². The maximum absolute atomic E-state index is 9.19. The Balaban J connectivity index is 3.29. The molecule has 0 aromatic carbocycles. The Morgan fingerprint density at radius 3 is 1.77 bits per heavy atom. The number of hydrogen-bond donors (Lipinski definition) is 1. The van der Waals surface area contributed by atoms with Crippen LogP contribution in [0, 0.1) is 36.5 Å². The first-order valence-corrected chi connectivity index (χ1v) is 12.3. The van der Waals surface area contributed by atoms with Crippen LogP contribution in [0.2, 0.25) is 0 Å². The van der Waals surface area contributed by atoms with Gasteiger partial charge in [0, 0.05) is 12.8 Å². The molecule has 0 aliphatic heterocycles. The molecule has 31 heavy (non-hydrogen) atoms. The van der Waals surface area contributed by atoms with Crippen LogP contribution in [0.15, 0.2) is 36.5 Å². The molecule has 1 atom stereocenters. The second-order valence-electron chi connectivity index (χ2n) is 8.00. The van der Waals surface area contributed by atoms with Crippen LogP contribution in [0.3, 0.4) is 0 Å². The lowest BCUT2D eigenvalue weighted by atomic mass is 10.1. The molecule has 0 heterocycles. The predicted molar refractivity (Wildman–Crippen MR) is 137 cm³/mol. The molecule has 0 rings (SSSR count). The number of terminal acetylenes is 2. The maximum Gasteiger partial charge on any atom is 0.133 e. The maximum atomic E-state index is 9.19. The van der Waals surface area contributed by atoms with Crippen LogP contribution in [0.1, 0.15) is 109 Å². The average Bonchev–Trinajstić information content (AvgIpc) is 2.78. The van der Waals surface area contributed by atoms with Gasteiger partial charge in [-0.3, -0.25) is 0 Å². The van der Waals surface area contributed by atoms with Crippen molar-refractivity contribution >= 4 is 0 Å². The first kappa shape index (κ1) is 28.9. The number of unbranched alkanes of at least 4 members (excludes halogenated alkanes) is 14. The van der Waals surface area contributed by atoms with Crippen molar-refractivity contribution in [3.8, 4) is 36.5 Å². The third-order valence-corrected chi connectivity index (χ3v) is 5.13. The lowest BCUT2D eigenvalue weighted by Crippen LogP contribution is -1.95. The Morgan fingerprint density at radius 1 is 0.613 bits per heavy atom. The van der Waals surface area contributed by atoms with E-state index in [1.165, 1.54) is 77.0 Å². The Morgan fingerprint density at radius 2 is 1.16 bits per heavy atom. The van der Waals surface area contributed by atoms with Gasteiger partial charge in [0.2, 0.25) is 0 Å². The van der Waals surface area contributed by atoms with E-state index in [1.807, 2.05) is 12.2 Å². The summed E-state index contributed by atoms with van der Waals surface area (Å²) in [4.78, 5) is 0. The van der Waals surface area contributed by atoms with Crippen molar-refractivity contribution in [3.05, 3.63) is 36.5 Å². The fraction of sp³-hybridized carbons (Fsp3) is 0.600. The highest BCUT2D eigenvalue weighted by molar-refractivity contribution is 5.08. The molecule has 0 spiro atoms. The van der Waals surface area contributed by atoms with Crippen molar-refractivity contribution in [1.29, 1.82) is 0 Å². The van der Waals surface area contributed by atoms with Gasteiger partial charge in [-0.05, 0) is 57.1 Å². The van der Waals surface area contributed by atoms with Gasteiger partial charge in [0.05, 0.1) is 0 Å². The van der Waals surface area contributed by atoms with E-state index in [0.29, 0.717) is 0 Å². The fourth-order valence-electron chi connectivity index (χ4n) is 3.27. The average molecular weight is 421 g/mol. The minimum atomic E-state index is -0.733. The Bertz CT molecular complexity index is 612. The number of aliphatic hydroxyl groups excluding tert-OH is 1. The van der Waals surface area contributed by atoms with E-state index < -0.39 is 6.10 Å². The molecular weight excluding hydrogens is 376 g/mol. The molecule has 1 unspecified atom stereocenters. The zero-order valence-corrected chi connectivity index (χ0v) is 19.7. The molecule has 0 radical (unpaired) electrons. The highest BCUT2D eigenvalue weighted by Gasteiger charge is 1.92. The first-order valence-electron chi connectivity index (χ1n) is 12.3. The zero-order valence-electron chi connectivity index (χ0n) is 19.7. The minimum absolute atomic E-state index is 0.733. The van der Waals surface area contributed by atoms with E-state index in [9.17, 15) is 5.11 Å². The largest absolute Gasteiger partial charge is 0.377 e. The van der Waals surface area contributed by atoms with E-state index in [1.54, 1.807) is 6.08 Å². The van der Waals surface area contributed by atoms with Crippen molar-refractivity contribution in [2.45, 2.75) is 115 Å². The second kappa shape index (κ2) is 25.9. The van der Waals surface area contributed by atoms with Crippen LogP contribution in [0.5, 0.6) is 0 Å². The molecule has 1 N–H and O–H groups in total. The van der Waals surface area contributed by atoms with E-state index in [0.717, 1.165) is 32.1 Å². The minimum Gasteiger partial charge on any atom is -0.377 e. The van der Waals surface area contributed by atoms with Gasteiger partial charge in [-0.15, -0.1) is 18.8 Å². The smallest absolute Gasteiger partial charge is 0.133 e. The summed E-state index contributed by atoms with van der Waals surface area (Å²) in [5.41, 5.74) is 0. The highest BCUT2D eigenvalue weighted by atomic mass is 16.3. The molecule has 0 saturated heterocycles. The normalized spacial score (nSPS) is 12.1. The molecule has 0 bridgehead atoms. The second-order valence-corrected chi connectivity index (χ2v) is 8.00. The monoisotopic (exact) mass is 420 g/mol. The lowest BCUT2D eigenvalue weighted by Gasteiger charge is -2.00. The summed E-state index contributed by atoms with van der Waals surface area (Å²) in [6.07, 6.45) is 42.3. The third kappa shape index (κ3) is 25.8. The molecule has 1 heteroatoms. The van der Waals surface area contributed by atoms with Crippen molar-refractivity contribution < 1.29 is 5.11 Å². The molecule has 0 aliphatic rings. The fourth-order valence-corrected chi connectivity index (χ4v) is 3.27. The van der Waals surface area contributed by atoms with Gasteiger partial charge in [-0.1, -0.05) is 93.4 Å². The van der Waals surface area contributed by atoms with Gasteiger partial charge in [0.25, 0.3) is 0 Å². The first-order chi connectivity index (χ1) is 15.3. The molecular formula is C30H44O. The van der Waals surface area contributed by atoms with Gasteiger partial charge >= 0.3 is 0 Å². The summed E-state index contributed by atoms with van der Waals surface area (Å²) in [6, 6.07) is 0. The summed E-state index contributed by atoms with van der Waals surface area (Å²) in [5, 5.41) is 9.19.